The zero-order valence-corrected chi connectivity index (χ0v) is 16.1. The topological polar surface area (TPSA) is 89.5 Å². The summed E-state index contributed by atoms with van der Waals surface area (Å²) in [5.74, 6) is 1.90. The number of oxazole rings is 1. The van der Waals surface area contributed by atoms with E-state index in [9.17, 15) is 0 Å². The van der Waals surface area contributed by atoms with Crippen molar-refractivity contribution >= 4 is 11.8 Å². The smallest absolute Gasteiger partial charge is 0.306 e. The predicted octanol–water partition coefficient (Wildman–Crippen LogP) is 3.22. The summed E-state index contributed by atoms with van der Waals surface area (Å²) < 4.78 is 12.8. The predicted molar refractivity (Wildman–Crippen MR) is 110 cm³/mol. The fraction of sp³-hybridized carbons (Fsp3) is 0.286. The number of fused-ring (bicyclic) bond motifs is 1. The van der Waals surface area contributed by atoms with Gasteiger partial charge in [0.05, 0.1) is 12.8 Å². The lowest BCUT2D eigenvalue weighted by atomic mass is 10.1. The fourth-order valence-electron chi connectivity index (χ4n) is 3.72. The molecular weight excluding hydrogens is 368 g/mol. The van der Waals surface area contributed by atoms with E-state index in [0.717, 1.165) is 54.3 Å². The molecule has 4 heterocycles. The first kappa shape index (κ1) is 17.7. The molecular formula is C21H22N6O2. The molecule has 8 nitrogen and oxygen atoms in total. The minimum absolute atomic E-state index is 0.330. The van der Waals surface area contributed by atoms with Gasteiger partial charge in [-0.3, -0.25) is 4.40 Å². The largest absolute Gasteiger partial charge is 0.497 e. The van der Waals surface area contributed by atoms with Crippen LogP contribution in [-0.4, -0.2) is 45.6 Å². The number of anilines is 1. The lowest BCUT2D eigenvalue weighted by Gasteiger charge is -2.23. The monoisotopic (exact) mass is 390 g/mol. The molecule has 1 atom stereocenters. The van der Waals surface area contributed by atoms with E-state index < -0.39 is 0 Å². The molecule has 1 aromatic carbocycles. The number of nitrogens with one attached hydrogen (secondary N) is 2. The van der Waals surface area contributed by atoms with E-state index in [-0.39, 0.29) is 0 Å². The summed E-state index contributed by atoms with van der Waals surface area (Å²) in [6.45, 7) is 1.98. The molecule has 1 fully saturated rings. The summed E-state index contributed by atoms with van der Waals surface area (Å²) in [6.07, 6.45) is 7.50. The van der Waals surface area contributed by atoms with Gasteiger partial charge in [-0.1, -0.05) is 12.1 Å². The van der Waals surface area contributed by atoms with Crippen LogP contribution >= 0.6 is 0 Å². The molecule has 0 aliphatic carbocycles. The normalized spacial score (nSPS) is 16.8. The standard InChI is InChI=1S/C21H22N6O2/c1-28-16-6-2-4-14(12-16)18-19(27-10-11-29-21(27)26-18)17-7-9-23-20(25-17)24-15-5-3-8-22-13-15/h2,4,6-7,9-12,15,22H,3,5,8,13H2,1H3,(H,23,24,25)/t15-/m1/s1. The minimum atomic E-state index is 0.330. The molecule has 2 N–H and O–H groups in total. The third kappa shape index (κ3) is 3.42. The van der Waals surface area contributed by atoms with Crippen molar-refractivity contribution in [1.82, 2.24) is 24.7 Å². The summed E-state index contributed by atoms with van der Waals surface area (Å²) in [5.41, 5.74) is 3.35. The maximum absolute atomic E-state index is 5.54. The summed E-state index contributed by atoms with van der Waals surface area (Å²) >= 11 is 0. The highest BCUT2D eigenvalue weighted by molar-refractivity contribution is 5.80. The number of ether oxygens (including phenoxy) is 1. The number of benzene rings is 1. The van der Waals surface area contributed by atoms with Gasteiger partial charge in [-0.2, -0.15) is 4.98 Å². The first-order chi connectivity index (χ1) is 14.3. The Kier molecular flexibility index (Phi) is 4.61. The molecule has 8 heteroatoms. The Labute approximate surface area is 168 Å². The molecule has 0 saturated carbocycles. The summed E-state index contributed by atoms with van der Waals surface area (Å²) in [4.78, 5) is 13.9. The number of aromatic nitrogens is 4. The minimum Gasteiger partial charge on any atom is -0.497 e. The Balaban J connectivity index is 1.57. The van der Waals surface area contributed by atoms with Crippen LogP contribution < -0.4 is 15.4 Å². The van der Waals surface area contributed by atoms with Crippen LogP contribution in [0.1, 0.15) is 12.8 Å². The van der Waals surface area contributed by atoms with Crippen LogP contribution in [0.25, 0.3) is 28.5 Å². The molecule has 4 aromatic rings. The molecule has 0 amide bonds. The molecule has 148 valence electrons. The summed E-state index contributed by atoms with van der Waals surface area (Å²) in [6, 6.07) is 10.0. The number of piperidine rings is 1. The highest BCUT2D eigenvalue weighted by Gasteiger charge is 2.20. The van der Waals surface area contributed by atoms with Crippen molar-refractivity contribution in [3.8, 4) is 28.4 Å². The Bertz CT molecular complexity index is 1130. The van der Waals surface area contributed by atoms with Crippen LogP contribution in [0.2, 0.25) is 0 Å². The van der Waals surface area contributed by atoms with E-state index in [1.54, 1.807) is 19.6 Å². The van der Waals surface area contributed by atoms with Crippen molar-refractivity contribution in [3.05, 3.63) is 49.0 Å². The van der Waals surface area contributed by atoms with Crippen molar-refractivity contribution in [2.45, 2.75) is 18.9 Å². The lowest BCUT2D eigenvalue weighted by molar-refractivity contribution is 0.415. The molecule has 0 radical (unpaired) electrons. The van der Waals surface area contributed by atoms with Crippen LogP contribution in [0.4, 0.5) is 5.95 Å². The van der Waals surface area contributed by atoms with E-state index in [2.05, 4.69) is 20.6 Å². The molecule has 0 unspecified atom stereocenters. The molecule has 5 rings (SSSR count). The van der Waals surface area contributed by atoms with Crippen LogP contribution in [0.5, 0.6) is 5.75 Å². The zero-order valence-electron chi connectivity index (χ0n) is 16.1. The van der Waals surface area contributed by atoms with Gasteiger partial charge in [0.1, 0.15) is 23.4 Å². The van der Waals surface area contributed by atoms with Crippen LogP contribution in [0, 0.1) is 0 Å². The van der Waals surface area contributed by atoms with Crippen molar-refractivity contribution in [1.29, 1.82) is 0 Å². The van der Waals surface area contributed by atoms with Crippen molar-refractivity contribution in [3.63, 3.8) is 0 Å². The van der Waals surface area contributed by atoms with Crippen molar-refractivity contribution in [2.75, 3.05) is 25.5 Å². The maximum Gasteiger partial charge on any atom is 0.306 e. The molecule has 3 aromatic heterocycles. The Morgan fingerprint density at radius 3 is 3.10 bits per heavy atom. The van der Waals surface area contributed by atoms with E-state index in [4.69, 9.17) is 14.1 Å². The quantitative estimate of drug-likeness (QED) is 0.541. The molecule has 1 saturated heterocycles. The molecule has 1 aliphatic heterocycles. The van der Waals surface area contributed by atoms with E-state index in [0.29, 0.717) is 17.8 Å². The lowest BCUT2D eigenvalue weighted by Crippen LogP contribution is -2.38. The van der Waals surface area contributed by atoms with E-state index >= 15 is 0 Å². The second kappa shape index (κ2) is 7.56. The van der Waals surface area contributed by atoms with Gasteiger partial charge in [0.25, 0.3) is 0 Å². The zero-order chi connectivity index (χ0) is 19.6. The van der Waals surface area contributed by atoms with Crippen LogP contribution in [-0.2, 0) is 0 Å². The van der Waals surface area contributed by atoms with Crippen LogP contribution in [0.3, 0.4) is 0 Å². The highest BCUT2D eigenvalue weighted by atomic mass is 16.5. The van der Waals surface area contributed by atoms with Crippen LogP contribution in [0.15, 0.2) is 53.4 Å². The maximum atomic E-state index is 5.54. The molecule has 29 heavy (non-hydrogen) atoms. The SMILES string of the molecule is COc1cccc(-c2nc3occn3c2-c2ccnc(N[C@@H]3CCCNC3)n2)c1. The molecule has 0 spiro atoms. The van der Waals surface area contributed by atoms with Gasteiger partial charge < -0.3 is 19.8 Å². The molecule has 1 aliphatic rings. The second-order valence-corrected chi connectivity index (χ2v) is 7.05. The number of rotatable bonds is 5. The van der Waals surface area contributed by atoms with E-state index in [1.807, 2.05) is 40.9 Å². The highest BCUT2D eigenvalue weighted by Crippen LogP contribution is 2.33. The number of imidazole rings is 1. The fourth-order valence-corrected chi connectivity index (χ4v) is 3.72. The van der Waals surface area contributed by atoms with Crippen molar-refractivity contribution < 1.29 is 9.15 Å². The molecule has 0 bridgehead atoms. The van der Waals surface area contributed by atoms with Gasteiger partial charge in [0, 0.05) is 30.5 Å². The Morgan fingerprint density at radius 2 is 2.24 bits per heavy atom. The van der Waals surface area contributed by atoms with Gasteiger partial charge >= 0.3 is 5.84 Å². The third-order valence-corrected chi connectivity index (χ3v) is 5.13. The van der Waals surface area contributed by atoms with Crippen molar-refractivity contribution in [2.24, 2.45) is 0 Å². The summed E-state index contributed by atoms with van der Waals surface area (Å²) in [5, 5.41) is 6.85. The van der Waals surface area contributed by atoms with Gasteiger partial charge in [0.15, 0.2) is 0 Å². The first-order valence-electron chi connectivity index (χ1n) is 9.72. The second-order valence-electron chi connectivity index (χ2n) is 7.05. The van der Waals surface area contributed by atoms with E-state index in [1.165, 1.54) is 0 Å². The number of nitrogens with zero attached hydrogens (tertiary/aromatic N) is 4. The number of hydrogen-bond acceptors (Lipinski definition) is 7. The number of methoxy groups -OCH3 is 1. The average Bonchev–Trinajstić information content (AvgIpc) is 3.36. The third-order valence-electron chi connectivity index (χ3n) is 5.13. The Hall–Kier alpha value is -3.39. The van der Waals surface area contributed by atoms with Gasteiger partial charge in [-0.25, -0.2) is 9.97 Å². The number of hydrogen-bond donors (Lipinski definition) is 2. The first-order valence-corrected chi connectivity index (χ1v) is 9.72. The Morgan fingerprint density at radius 1 is 1.28 bits per heavy atom. The average molecular weight is 390 g/mol. The summed E-state index contributed by atoms with van der Waals surface area (Å²) in [7, 11) is 1.65. The van der Waals surface area contributed by atoms with Gasteiger partial charge in [0.2, 0.25) is 5.95 Å². The van der Waals surface area contributed by atoms with Gasteiger partial charge in [-0.15, -0.1) is 0 Å². The van der Waals surface area contributed by atoms with Gasteiger partial charge in [-0.05, 0) is 37.6 Å².